The predicted molar refractivity (Wildman–Crippen MR) is 123 cm³/mol. The zero-order valence-electron chi connectivity index (χ0n) is 17.8. The van der Waals surface area contributed by atoms with Crippen LogP contribution in [-0.2, 0) is 9.47 Å². The summed E-state index contributed by atoms with van der Waals surface area (Å²) in [6.45, 7) is 13.3. The first-order chi connectivity index (χ1) is 13.1. The van der Waals surface area contributed by atoms with Crippen LogP contribution in [0.1, 0.15) is 46.5 Å². The Balaban J connectivity index is 0.00000225. The molecule has 7 heteroatoms. The summed E-state index contributed by atoms with van der Waals surface area (Å²) in [6.07, 6.45) is 5.86. The molecule has 4 fully saturated rings. The standard InChI is InChI=1S/C21H38N4O2.HI/c1-4-22-20(23-12-16-14-25(9-11-26-16)13-15(2)3)24-18-17-6-10-27-19(17)21(18)7-5-8-21;/h15-19H,4-14H2,1-3H3,(H2,22,23,24);1H. The summed E-state index contributed by atoms with van der Waals surface area (Å²) in [5.74, 6) is 2.33. The third-order valence-electron chi connectivity index (χ3n) is 6.97. The van der Waals surface area contributed by atoms with Crippen LogP contribution < -0.4 is 10.6 Å². The SMILES string of the molecule is CCNC(=NCC1CN(CC(C)C)CCO1)NC1C2CCOC2C12CCC2.I. The first-order valence-electron chi connectivity index (χ1n) is 11.1. The van der Waals surface area contributed by atoms with E-state index in [1.807, 2.05) is 0 Å². The molecule has 2 N–H and O–H groups in total. The minimum absolute atomic E-state index is 0. The molecule has 4 unspecified atom stereocenters. The van der Waals surface area contributed by atoms with Gasteiger partial charge in [0.25, 0.3) is 0 Å². The van der Waals surface area contributed by atoms with Gasteiger partial charge in [0, 0.05) is 50.2 Å². The summed E-state index contributed by atoms with van der Waals surface area (Å²) in [4.78, 5) is 7.43. The lowest BCUT2D eigenvalue weighted by atomic mass is 9.46. The molecule has 2 aliphatic heterocycles. The van der Waals surface area contributed by atoms with Crippen molar-refractivity contribution in [2.45, 2.75) is 64.7 Å². The molecule has 0 aromatic rings. The quantitative estimate of drug-likeness (QED) is 0.330. The van der Waals surface area contributed by atoms with Gasteiger partial charge in [0.05, 0.1) is 25.4 Å². The Kier molecular flexibility index (Phi) is 7.89. The zero-order chi connectivity index (χ0) is 18.9. The maximum Gasteiger partial charge on any atom is 0.191 e. The molecule has 2 saturated heterocycles. The molecule has 1 spiro atoms. The lowest BCUT2D eigenvalue weighted by molar-refractivity contribution is -0.171. The molecule has 6 nitrogen and oxygen atoms in total. The van der Waals surface area contributed by atoms with Crippen molar-refractivity contribution in [2.24, 2.45) is 22.2 Å². The molecule has 4 rings (SSSR count). The van der Waals surface area contributed by atoms with Gasteiger partial charge in [-0.3, -0.25) is 9.89 Å². The Morgan fingerprint density at radius 3 is 2.75 bits per heavy atom. The lowest BCUT2D eigenvalue weighted by Crippen LogP contribution is -2.72. The molecule has 0 amide bonds. The molecule has 0 aromatic heterocycles. The molecule has 0 bridgehead atoms. The highest BCUT2D eigenvalue weighted by Crippen LogP contribution is 2.62. The maximum absolute atomic E-state index is 6.05. The number of hydrogen-bond donors (Lipinski definition) is 2. The number of rotatable bonds is 6. The highest BCUT2D eigenvalue weighted by molar-refractivity contribution is 14.0. The van der Waals surface area contributed by atoms with Gasteiger partial charge in [-0.05, 0) is 32.1 Å². The maximum atomic E-state index is 6.05. The number of fused-ring (bicyclic) bond motifs is 2. The van der Waals surface area contributed by atoms with E-state index >= 15 is 0 Å². The Labute approximate surface area is 187 Å². The van der Waals surface area contributed by atoms with E-state index in [1.54, 1.807) is 0 Å². The van der Waals surface area contributed by atoms with Crippen LogP contribution in [0.3, 0.4) is 0 Å². The molecule has 0 radical (unpaired) electrons. The Morgan fingerprint density at radius 1 is 1.25 bits per heavy atom. The van der Waals surface area contributed by atoms with E-state index in [0.717, 1.165) is 51.9 Å². The van der Waals surface area contributed by atoms with E-state index < -0.39 is 0 Å². The van der Waals surface area contributed by atoms with Gasteiger partial charge in [-0.15, -0.1) is 24.0 Å². The highest BCUT2D eigenvalue weighted by atomic mass is 127. The van der Waals surface area contributed by atoms with Crippen LogP contribution in [0.5, 0.6) is 0 Å². The van der Waals surface area contributed by atoms with Crippen LogP contribution in [0.15, 0.2) is 4.99 Å². The predicted octanol–water partition coefficient (Wildman–Crippen LogP) is 2.47. The summed E-state index contributed by atoms with van der Waals surface area (Å²) in [6, 6.07) is 0.529. The first-order valence-corrected chi connectivity index (χ1v) is 11.1. The fourth-order valence-electron chi connectivity index (χ4n) is 5.69. The smallest absolute Gasteiger partial charge is 0.191 e. The molecular weight excluding hydrogens is 467 g/mol. The Morgan fingerprint density at radius 2 is 2.07 bits per heavy atom. The van der Waals surface area contributed by atoms with E-state index in [4.69, 9.17) is 14.5 Å². The van der Waals surface area contributed by atoms with Gasteiger partial charge in [-0.2, -0.15) is 0 Å². The summed E-state index contributed by atoms with van der Waals surface area (Å²) in [5.41, 5.74) is 0.382. The number of aliphatic imine (C=N–C) groups is 1. The van der Waals surface area contributed by atoms with E-state index in [1.165, 1.54) is 25.7 Å². The van der Waals surface area contributed by atoms with Crippen molar-refractivity contribution in [1.29, 1.82) is 0 Å². The van der Waals surface area contributed by atoms with E-state index in [0.29, 0.717) is 29.4 Å². The van der Waals surface area contributed by atoms with Gasteiger partial charge in [0.1, 0.15) is 0 Å². The van der Waals surface area contributed by atoms with Crippen molar-refractivity contribution in [3.8, 4) is 0 Å². The number of ether oxygens (including phenoxy) is 2. The summed E-state index contributed by atoms with van der Waals surface area (Å²) in [5, 5.41) is 7.25. The van der Waals surface area contributed by atoms with Gasteiger partial charge in [0.2, 0.25) is 0 Å². The van der Waals surface area contributed by atoms with Crippen LogP contribution in [0.2, 0.25) is 0 Å². The van der Waals surface area contributed by atoms with Gasteiger partial charge >= 0.3 is 0 Å². The molecule has 2 heterocycles. The van der Waals surface area contributed by atoms with Gasteiger partial charge < -0.3 is 20.1 Å². The van der Waals surface area contributed by atoms with Gasteiger partial charge in [-0.25, -0.2) is 0 Å². The van der Waals surface area contributed by atoms with Crippen molar-refractivity contribution in [3.63, 3.8) is 0 Å². The van der Waals surface area contributed by atoms with Crippen LogP contribution in [0.4, 0.5) is 0 Å². The molecule has 28 heavy (non-hydrogen) atoms. The molecule has 162 valence electrons. The van der Waals surface area contributed by atoms with Crippen molar-refractivity contribution >= 4 is 29.9 Å². The number of hydrogen-bond acceptors (Lipinski definition) is 4. The average Bonchev–Trinajstić information content (AvgIpc) is 3.01. The van der Waals surface area contributed by atoms with Crippen LogP contribution in [-0.4, -0.2) is 75.0 Å². The van der Waals surface area contributed by atoms with Crippen LogP contribution in [0.25, 0.3) is 0 Å². The third-order valence-corrected chi connectivity index (χ3v) is 6.97. The van der Waals surface area contributed by atoms with Crippen molar-refractivity contribution in [1.82, 2.24) is 15.5 Å². The molecule has 0 aromatic carbocycles. The minimum atomic E-state index is 0. The summed E-state index contributed by atoms with van der Waals surface area (Å²) >= 11 is 0. The van der Waals surface area contributed by atoms with Gasteiger partial charge in [0.15, 0.2) is 5.96 Å². The number of nitrogens with zero attached hydrogens (tertiary/aromatic N) is 2. The summed E-state index contributed by atoms with van der Waals surface area (Å²) in [7, 11) is 0. The zero-order valence-corrected chi connectivity index (χ0v) is 20.1. The number of morpholine rings is 1. The monoisotopic (exact) mass is 506 g/mol. The van der Waals surface area contributed by atoms with Crippen molar-refractivity contribution < 1.29 is 9.47 Å². The largest absolute Gasteiger partial charge is 0.377 e. The third kappa shape index (κ3) is 4.47. The molecule has 4 atom stereocenters. The van der Waals surface area contributed by atoms with Crippen LogP contribution >= 0.6 is 24.0 Å². The number of halogens is 1. The molecule has 4 aliphatic rings. The number of nitrogens with one attached hydrogen (secondary N) is 2. The Bertz CT molecular complexity index is 540. The molecule has 2 aliphatic carbocycles. The second kappa shape index (κ2) is 9.79. The van der Waals surface area contributed by atoms with Crippen LogP contribution in [0, 0.1) is 17.3 Å². The van der Waals surface area contributed by atoms with Crippen molar-refractivity contribution in [3.05, 3.63) is 0 Å². The van der Waals surface area contributed by atoms with E-state index in [9.17, 15) is 0 Å². The minimum Gasteiger partial charge on any atom is -0.377 e. The van der Waals surface area contributed by atoms with Crippen molar-refractivity contribution in [2.75, 3.05) is 45.9 Å². The second-order valence-corrected chi connectivity index (χ2v) is 9.32. The molecule has 2 saturated carbocycles. The number of guanidine groups is 1. The van der Waals surface area contributed by atoms with Gasteiger partial charge in [-0.1, -0.05) is 20.3 Å². The fourth-order valence-corrected chi connectivity index (χ4v) is 5.69. The molecular formula is C21H39IN4O2. The summed E-state index contributed by atoms with van der Waals surface area (Å²) < 4.78 is 12.0. The average molecular weight is 506 g/mol. The van der Waals surface area contributed by atoms with E-state index in [-0.39, 0.29) is 30.1 Å². The topological polar surface area (TPSA) is 58.1 Å². The normalized spacial score (nSPS) is 34.4. The highest BCUT2D eigenvalue weighted by Gasteiger charge is 2.66. The second-order valence-electron chi connectivity index (χ2n) is 9.32. The first kappa shape index (κ1) is 22.6. The van der Waals surface area contributed by atoms with E-state index in [2.05, 4.69) is 36.3 Å². The fraction of sp³-hybridized carbons (Fsp3) is 0.952. The Hall–Kier alpha value is -0.120. The lowest BCUT2D eigenvalue weighted by Gasteiger charge is -2.63.